The van der Waals surface area contributed by atoms with Gasteiger partial charge in [-0.25, -0.2) is 0 Å². The van der Waals surface area contributed by atoms with Crippen LogP contribution in [0.2, 0.25) is 0 Å². The molecule has 2 nitrogen and oxygen atoms in total. The number of nitrogens with one attached hydrogen (secondary N) is 1. The first-order valence-corrected chi connectivity index (χ1v) is 8.15. The molecule has 0 radical (unpaired) electrons. The van der Waals surface area contributed by atoms with Crippen molar-refractivity contribution in [3.05, 3.63) is 30.3 Å². The van der Waals surface area contributed by atoms with E-state index >= 15 is 0 Å². The van der Waals surface area contributed by atoms with E-state index in [-0.39, 0.29) is 0 Å². The molecule has 1 aromatic rings. The molecule has 0 bridgehead atoms. The van der Waals surface area contributed by atoms with Crippen LogP contribution in [0.5, 0.6) is 5.75 Å². The molecular weight excluding hydrogens is 246 g/mol. The smallest absolute Gasteiger partial charge is 0.119 e. The van der Waals surface area contributed by atoms with Crippen molar-refractivity contribution in [2.45, 2.75) is 52.9 Å². The fourth-order valence-electron chi connectivity index (χ4n) is 2.62. The second-order valence-corrected chi connectivity index (χ2v) is 5.65. The first-order valence-electron chi connectivity index (χ1n) is 8.15. The number of hydrogen-bond donors (Lipinski definition) is 1. The van der Waals surface area contributed by atoms with Gasteiger partial charge in [-0.1, -0.05) is 51.8 Å². The van der Waals surface area contributed by atoms with E-state index < -0.39 is 0 Å². The molecule has 0 saturated heterocycles. The van der Waals surface area contributed by atoms with Gasteiger partial charge in [0.15, 0.2) is 0 Å². The van der Waals surface area contributed by atoms with Crippen LogP contribution in [0.15, 0.2) is 30.3 Å². The van der Waals surface area contributed by atoms with E-state index in [4.69, 9.17) is 4.74 Å². The van der Waals surface area contributed by atoms with Crippen LogP contribution in [0.3, 0.4) is 0 Å². The molecule has 1 aromatic carbocycles. The van der Waals surface area contributed by atoms with Gasteiger partial charge in [-0.05, 0) is 43.4 Å². The van der Waals surface area contributed by atoms with Gasteiger partial charge in [-0.2, -0.15) is 0 Å². The summed E-state index contributed by atoms with van der Waals surface area (Å²) in [5, 5.41) is 3.54. The molecule has 0 aromatic heterocycles. The Balaban J connectivity index is 2.49. The van der Waals surface area contributed by atoms with E-state index in [0.717, 1.165) is 31.9 Å². The van der Waals surface area contributed by atoms with Gasteiger partial charge in [-0.15, -0.1) is 0 Å². The summed E-state index contributed by atoms with van der Waals surface area (Å²) in [6, 6.07) is 10.1. The number of ether oxygens (including phenoxy) is 1. The molecule has 1 atom stereocenters. The van der Waals surface area contributed by atoms with Gasteiger partial charge >= 0.3 is 0 Å². The first-order chi connectivity index (χ1) is 9.76. The third-order valence-corrected chi connectivity index (χ3v) is 4.20. The number of rotatable bonds is 11. The predicted octanol–water partition coefficient (Wildman–Crippen LogP) is 4.65. The summed E-state index contributed by atoms with van der Waals surface area (Å²) in [6.07, 6.45) is 6.23. The van der Waals surface area contributed by atoms with Crippen LogP contribution in [0.1, 0.15) is 52.9 Å². The van der Waals surface area contributed by atoms with Gasteiger partial charge in [0.05, 0.1) is 6.61 Å². The Labute approximate surface area is 124 Å². The molecule has 1 rings (SSSR count). The molecule has 114 valence electrons. The average molecular weight is 277 g/mol. The highest BCUT2D eigenvalue weighted by molar-refractivity contribution is 5.20. The number of hydrogen-bond acceptors (Lipinski definition) is 2. The van der Waals surface area contributed by atoms with Crippen LogP contribution in [0, 0.1) is 5.41 Å². The van der Waals surface area contributed by atoms with Gasteiger partial charge < -0.3 is 10.1 Å². The fraction of sp³-hybridized carbons (Fsp3) is 0.667. The molecule has 0 spiro atoms. The Morgan fingerprint density at radius 2 is 1.80 bits per heavy atom. The summed E-state index contributed by atoms with van der Waals surface area (Å²) in [5.41, 5.74) is 0.390. The maximum atomic E-state index is 5.90. The summed E-state index contributed by atoms with van der Waals surface area (Å²) >= 11 is 0. The van der Waals surface area contributed by atoms with E-state index in [1.807, 2.05) is 30.3 Å². The van der Waals surface area contributed by atoms with E-state index in [9.17, 15) is 0 Å². The molecule has 0 fully saturated rings. The SMILES string of the molecule is CCCCC(CC)(CCOc1ccccc1)CNCC. The summed E-state index contributed by atoms with van der Waals surface area (Å²) < 4.78 is 5.90. The van der Waals surface area contributed by atoms with Crippen molar-refractivity contribution in [2.24, 2.45) is 5.41 Å². The van der Waals surface area contributed by atoms with Crippen molar-refractivity contribution >= 4 is 0 Å². The van der Waals surface area contributed by atoms with Crippen LogP contribution in [0.4, 0.5) is 0 Å². The van der Waals surface area contributed by atoms with Gasteiger partial charge in [0, 0.05) is 6.54 Å². The van der Waals surface area contributed by atoms with Gasteiger partial charge in [0.25, 0.3) is 0 Å². The summed E-state index contributed by atoms with van der Waals surface area (Å²) in [5.74, 6) is 0.983. The van der Waals surface area contributed by atoms with E-state index in [1.165, 1.54) is 25.7 Å². The molecule has 2 heteroatoms. The predicted molar refractivity (Wildman–Crippen MR) is 87.3 cm³/mol. The lowest BCUT2D eigenvalue weighted by Gasteiger charge is -2.33. The van der Waals surface area contributed by atoms with Gasteiger partial charge in [0.1, 0.15) is 5.75 Å². The quantitative estimate of drug-likeness (QED) is 0.635. The third kappa shape index (κ3) is 5.96. The molecule has 0 aliphatic rings. The second-order valence-electron chi connectivity index (χ2n) is 5.65. The topological polar surface area (TPSA) is 21.3 Å². The Hall–Kier alpha value is -1.02. The molecule has 0 aliphatic carbocycles. The maximum absolute atomic E-state index is 5.90. The normalized spacial score (nSPS) is 13.9. The Bertz CT molecular complexity index is 329. The lowest BCUT2D eigenvalue weighted by atomic mass is 9.77. The minimum atomic E-state index is 0.390. The zero-order chi connectivity index (χ0) is 14.7. The largest absolute Gasteiger partial charge is 0.494 e. The minimum absolute atomic E-state index is 0.390. The van der Waals surface area contributed by atoms with Crippen LogP contribution in [-0.2, 0) is 0 Å². The maximum Gasteiger partial charge on any atom is 0.119 e. The Kier molecular flexibility index (Phi) is 8.36. The molecule has 0 aliphatic heterocycles. The highest BCUT2D eigenvalue weighted by atomic mass is 16.5. The average Bonchev–Trinajstić information content (AvgIpc) is 2.51. The standard InChI is InChI=1S/C18H31NO/c1-4-7-13-18(5-2,16-19-6-3)14-15-20-17-11-9-8-10-12-17/h8-12,19H,4-7,13-16H2,1-3H3. The third-order valence-electron chi connectivity index (χ3n) is 4.20. The zero-order valence-electron chi connectivity index (χ0n) is 13.5. The molecular formula is C18H31NO. The van der Waals surface area contributed by atoms with Crippen molar-refractivity contribution in [2.75, 3.05) is 19.7 Å². The molecule has 0 amide bonds. The monoisotopic (exact) mass is 277 g/mol. The Morgan fingerprint density at radius 1 is 1.05 bits per heavy atom. The zero-order valence-corrected chi connectivity index (χ0v) is 13.5. The number of para-hydroxylation sites is 1. The van der Waals surface area contributed by atoms with Crippen molar-refractivity contribution in [1.29, 1.82) is 0 Å². The first kappa shape index (κ1) is 17.0. The molecule has 1 N–H and O–H groups in total. The summed E-state index contributed by atoms with van der Waals surface area (Å²) in [4.78, 5) is 0. The fourth-order valence-corrected chi connectivity index (χ4v) is 2.62. The van der Waals surface area contributed by atoms with Crippen molar-refractivity contribution < 1.29 is 4.74 Å². The van der Waals surface area contributed by atoms with Gasteiger partial charge in [-0.3, -0.25) is 0 Å². The molecule has 20 heavy (non-hydrogen) atoms. The van der Waals surface area contributed by atoms with Crippen LogP contribution < -0.4 is 10.1 Å². The van der Waals surface area contributed by atoms with Crippen LogP contribution in [-0.4, -0.2) is 19.7 Å². The van der Waals surface area contributed by atoms with Crippen LogP contribution in [0.25, 0.3) is 0 Å². The lowest BCUT2D eigenvalue weighted by Crippen LogP contribution is -2.35. The molecule has 0 heterocycles. The van der Waals surface area contributed by atoms with E-state index in [1.54, 1.807) is 0 Å². The van der Waals surface area contributed by atoms with Gasteiger partial charge in [0.2, 0.25) is 0 Å². The lowest BCUT2D eigenvalue weighted by molar-refractivity contribution is 0.166. The minimum Gasteiger partial charge on any atom is -0.494 e. The Morgan fingerprint density at radius 3 is 2.40 bits per heavy atom. The second kappa shape index (κ2) is 9.82. The van der Waals surface area contributed by atoms with Crippen LogP contribution >= 0.6 is 0 Å². The summed E-state index contributed by atoms with van der Waals surface area (Å²) in [6.45, 7) is 9.74. The van der Waals surface area contributed by atoms with Crippen molar-refractivity contribution in [3.8, 4) is 5.75 Å². The van der Waals surface area contributed by atoms with Crippen molar-refractivity contribution in [3.63, 3.8) is 0 Å². The van der Waals surface area contributed by atoms with Crippen molar-refractivity contribution in [1.82, 2.24) is 5.32 Å². The van der Waals surface area contributed by atoms with E-state index in [2.05, 4.69) is 26.1 Å². The highest BCUT2D eigenvalue weighted by Gasteiger charge is 2.26. The summed E-state index contributed by atoms with van der Waals surface area (Å²) in [7, 11) is 0. The number of benzene rings is 1. The van der Waals surface area contributed by atoms with E-state index in [0.29, 0.717) is 5.41 Å². The molecule has 1 unspecified atom stereocenters. The number of unbranched alkanes of at least 4 members (excludes halogenated alkanes) is 1. The molecule has 0 saturated carbocycles. The highest BCUT2D eigenvalue weighted by Crippen LogP contribution is 2.32.